The average molecular weight is 399 g/mol. The summed E-state index contributed by atoms with van der Waals surface area (Å²) in [5, 5.41) is 9.78. The first-order valence-electron chi connectivity index (χ1n) is 10.6. The minimum Gasteiger partial charge on any atom is -0.332 e. The molecule has 0 spiro atoms. The van der Waals surface area contributed by atoms with Crippen LogP contribution in [0.4, 0.5) is 0 Å². The van der Waals surface area contributed by atoms with Crippen molar-refractivity contribution in [1.29, 1.82) is 0 Å². The lowest BCUT2D eigenvalue weighted by Gasteiger charge is -2.31. The smallest absolute Gasteiger partial charge is 0.231 e. The maximum atomic E-state index is 13.8. The topological polar surface area (TPSA) is 51.0 Å². The van der Waals surface area contributed by atoms with Crippen LogP contribution in [0.3, 0.4) is 0 Å². The predicted octanol–water partition coefficient (Wildman–Crippen LogP) is 4.56. The summed E-state index contributed by atoms with van der Waals surface area (Å²) < 4.78 is 2.08. The second kappa shape index (κ2) is 8.68. The first-order chi connectivity index (χ1) is 13.7. The van der Waals surface area contributed by atoms with Crippen molar-refractivity contribution in [3.05, 3.63) is 41.7 Å². The number of nitrogens with zero attached hydrogens (tertiary/aromatic N) is 4. The first kappa shape index (κ1) is 19.5. The molecule has 0 bridgehead atoms. The molecule has 1 saturated carbocycles. The van der Waals surface area contributed by atoms with Gasteiger partial charge in [-0.05, 0) is 42.9 Å². The molecule has 0 radical (unpaired) electrons. The zero-order valence-corrected chi connectivity index (χ0v) is 17.7. The Hall–Kier alpha value is -1.82. The van der Waals surface area contributed by atoms with Crippen LogP contribution in [-0.4, -0.2) is 37.9 Å². The molecule has 5 nitrogen and oxygen atoms in total. The number of carbonyl (C=O) groups is 1. The van der Waals surface area contributed by atoms with Gasteiger partial charge in [0.2, 0.25) is 5.91 Å². The van der Waals surface area contributed by atoms with Gasteiger partial charge in [-0.2, -0.15) is 0 Å². The highest BCUT2D eigenvalue weighted by molar-refractivity contribution is 7.99. The van der Waals surface area contributed by atoms with Crippen molar-refractivity contribution in [2.24, 2.45) is 13.0 Å². The number of aromatic nitrogens is 3. The molecule has 2 atom stereocenters. The van der Waals surface area contributed by atoms with Gasteiger partial charge in [0, 0.05) is 13.6 Å². The highest BCUT2D eigenvalue weighted by Crippen LogP contribution is 2.41. The molecular formula is C22H30N4OS. The lowest BCUT2D eigenvalue weighted by atomic mass is 9.83. The lowest BCUT2D eigenvalue weighted by molar-refractivity contribution is -0.135. The number of rotatable bonds is 6. The van der Waals surface area contributed by atoms with Crippen molar-refractivity contribution in [3.8, 4) is 0 Å². The van der Waals surface area contributed by atoms with Gasteiger partial charge in [-0.15, -0.1) is 10.2 Å². The highest BCUT2D eigenvalue weighted by Gasteiger charge is 2.40. The fourth-order valence-electron chi connectivity index (χ4n) is 4.92. The van der Waals surface area contributed by atoms with Crippen LogP contribution in [0.5, 0.6) is 0 Å². The molecule has 1 aliphatic carbocycles. The van der Waals surface area contributed by atoms with Crippen LogP contribution in [0.15, 0.2) is 35.5 Å². The molecule has 6 heteroatoms. The Bertz CT molecular complexity index is 800. The van der Waals surface area contributed by atoms with Gasteiger partial charge in [0.05, 0.1) is 12.0 Å². The van der Waals surface area contributed by atoms with E-state index < -0.39 is 0 Å². The maximum Gasteiger partial charge on any atom is 0.231 e. The molecule has 1 aliphatic heterocycles. The molecule has 0 unspecified atom stereocenters. The zero-order chi connectivity index (χ0) is 19.5. The van der Waals surface area contributed by atoms with E-state index in [0.29, 0.717) is 5.92 Å². The van der Waals surface area contributed by atoms with Crippen LogP contribution in [0, 0.1) is 5.92 Å². The highest BCUT2D eigenvalue weighted by atomic mass is 32.2. The molecule has 1 amide bonds. The van der Waals surface area contributed by atoms with E-state index in [-0.39, 0.29) is 17.9 Å². The number of benzene rings is 1. The maximum absolute atomic E-state index is 13.8. The van der Waals surface area contributed by atoms with Gasteiger partial charge in [-0.3, -0.25) is 4.79 Å². The van der Waals surface area contributed by atoms with Gasteiger partial charge < -0.3 is 9.47 Å². The SMILES string of the molecule is CCSc1nnc([C@@H]2CCCN2C(=O)[C@@H](c2ccccc2)C2CCCC2)n1C. The first-order valence-corrected chi connectivity index (χ1v) is 11.6. The average Bonchev–Trinajstić information content (AvgIpc) is 3.45. The van der Waals surface area contributed by atoms with Gasteiger partial charge in [-0.1, -0.05) is 61.9 Å². The predicted molar refractivity (Wildman–Crippen MR) is 112 cm³/mol. The van der Waals surface area contributed by atoms with E-state index in [9.17, 15) is 4.79 Å². The molecule has 1 saturated heterocycles. The number of hydrogen-bond donors (Lipinski definition) is 0. The monoisotopic (exact) mass is 398 g/mol. The Morgan fingerprint density at radius 2 is 1.89 bits per heavy atom. The summed E-state index contributed by atoms with van der Waals surface area (Å²) in [6, 6.07) is 10.5. The van der Waals surface area contributed by atoms with Crippen LogP contribution in [-0.2, 0) is 11.8 Å². The second-order valence-corrected chi connectivity index (χ2v) is 9.19. The Morgan fingerprint density at radius 3 is 2.61 bits per heavy atom. The minimum atomic E-state index is -0.0259. The van der Waals surface area contributed by atoms with Gasteiger partial charge in [0.15, 0.2) is 11.0 Å². The molecule has 0 N–H and O–H groups in total. The van der Waals surface area contributed by atoms with Gasteiger partial charge in [-0.25, -0.2) is 0 Å². The number of thioether (sulfide) groups is 1. The Labute approximate surface area is 171 Å². The molecule has 4 rings (SSSR count). The third kappa shape index (κ3) is 3.71. The van der Waals surface area contributed by atoms with E-state index in [0.717, 1.165) is 49.0 Å². The van der Waals surface area contributed by atoms with E-state index in [1.54, 1.807) is 11.8 Å². The fraction of sp³-hybridized carbons (Fsp3) is 0.591. The van der Waals surface area contributed by atoms with E-state index in [1.165, 1.54) is 18.4 Å². The Kier molecular flexibility index (Phi) is 6.04. The summed E-state index contributed by atoms with van der Waals surface area (Å²) in [5.41, 5.74) is 1.17. The van der Waals surface area contributed by atoms with E-state index in [1.807, 2.05) is 13.1 Å². The summed E-state index contributed by atoms with van der Waals surface area (Å²) in [7, 11) is 2.03. The van der Waals surface area contributed by atoms with Crippen LogP contribution in [0.25, 0.3) is 0 Å². The number of likely N-dealkylation sites (tertiary alicyclic amines) is 1. The number of carbonyl (C=O) groups excluding carboxylic acids is 1. The van der Waals surface area contributed by atoms with Gasteiger partial charge >= 0.3 is 0 Å². The molecule has 1 aromatic heterocycles. The molecule has 28 heavy (non-hydrogen) atoms. The van der Waals surface area contributed by atoms with Crippen molar-refractivity contribution in [2.45, 2.75) is 62.6 Å². The van der Waals surface area contributed by atoms with Crippen molar-refractivity contribution in [2.75, 3.05) is 12.3 Å². The molecule has 2 aromatic rings. The molecule has 150 valence electrons. The van der Waals surface area contributed by atoms with Crippen LogP contribution in [0.2, 0.25) is 0 Å². The zero-order valence-electron chi connectivity index (χ0n) is 16.9. The van der Waals surface area contributed by atoms with Crippen molar-refractivity contribution in [1.82, 2.24) is 19.7 Å². The third-order valence-electron chi connectivity index (χ3n) is 6.27. The van der Waals surface area contributed by atoms with Crippen molar-refractivity contribution in [3.63, 3.8) is 0 Å². The molecule has 2 heterocycles. The normalized spacial score (nSPS) is 21.4. The number of amides is 1. The summed E-state index contributed by atoms with van der Waals surface area (Å²) in [4.78, 5) is 15.9. The summed E-state index contributed by atoms with van der Waals surface area (Å²) in [5.74, 6) is 2.62. The van der Waals surface area contributed by atoms with E-state index >= 15 is 0 Å². The van der Waals surface area contributed by atoms with Gasteiger partial charge in [0.25, 0.3) is 0 Å². The largest absolute Gasteiger partial charge is 0.332 e. The molecule has 2 aliphatic rings. The van der Waals surface area contributed by atoms with Crippen LogP contribution < -0.4 is 0 Å². The van der Waals surface area contributed by atoms with Gasteiger partial charge in [0.1, 0.15) is 0 Å². The number of hydrogen-bond acceptors (Lipinski definition) is 4. The van der Waals surface area contributed by atoms with E-state index in [2.05, 4.69) is 50.9 Å². The second-order valence-electron chi connectivity index (χ2n) is 7.96. The molecule has 2 fully saturated rings. The van der Waals surface area contributed by atoms with Crippen LogP contribution >= 0.6 is 11.8 Å². The summed E-state index contributed by atoms with van der Waals surface area (Å²) in [6.07, 6.45) is 6.81. The van der Waals surface area contributed by atoms with E-state index in [4.69, 9.17) is 0 Å². The quantitative estimate of drug-likeness (QED) is 0.669. The van der Waals surface area contributed by atoms with Crippen molar-refractivity contribution >= 4 is 17.7 Å². The molecule has 1 aromatic carbocycles. The third-order valence-corrected chi connectivity index (χ3v) is 7.17. The Morgan fingerprint density at radius 1 is 1.14 bits per heavy atom. The lowest BCUT2D eigenvalue weighted by Crippen LogP contribution is -2.38. The van der Waals surface area contributed by atoms with Crippen molar-refractivity contribution < 1.29 is 4.79 Å². The standard InChI is InChI=1S/C22H30N4OS/c1-3-28-22-24-23-20(25(22)2)18-14-9-15-26(18)21(27)19(17-12-7-8-13-17)16-10-5-4-6-11-16/h4-6,10-11,17-19H,3,7-9,12-15H2,1-2H3/t18-,19-/m0/s1. The van der Waals surface area contributed by atoms with Crippen LogP contribution in [0.1, 0.15) is 68.8 Å². The molecular weight excluding hydrogens is 368 g/mol. The fourth-order valence-corrected chi connectivity index (χ4v) is 5.56. The minimum absolute atomic E-state index is 0.0259. The Balaban J connectivity index is 1.62. The summed E-state index contributed by atoms with van der Waals surface area (Å²) >= 11 is 1.70. The summed E-state index contributed by atoms with van der Waals surface area (Å²) in [6.45, 7) is 2.94.